The van der Waals surface area contributed by atoms with Crippen LogP contribution in [0.25, 0.3) is 0 Å². The fourth-order valence-corrected chi connectivity index (χ4v) is 2.08. The van der Waals surface area contributed by atoms with Crippen molar-refractivity contribution in [2.45, 2.75) is 20.3 Å². The third kappa shape index (κ3) is 4.59. The Hall–Kier alpha value is -2.82. The Kier molecular flexibility index (Phi) is 5.95. The highest BCUT2D eigenvalue weighted by molar-refractivity contribution is 5.89. The number of carbonyl (C=O) groups excluding carboxylic acids is 2. The molecule has 2 rings (SSSR count). The zero-order valence-corrected chi connectivity index (χ0v) is 14.0. The molecule has 0 aromatic heterocycles. The summed E-state index contributed by atoms with van der Waals surface area (Å²) in [5.74, 6) is 0.311. The average molecular weight is 328 g/mol. The van der Waals surface area contributed by atoms with Gasteiger partial charge in [0.15, 0.2) is 0 Å². The topological polar surface area (TPSA) is 61.8 Å². The first kappa shape index (κ1) is 17.5. The molecule has 5 heteroatoms. The number of benzene rings is 2. The zero-order chi connectivity index (χ0) is 17.5. The molecule has 5 nitrogen and oxygen atoms in total. The van der Waals surface area contributed by atoms with Crippen LogP contribution in [-0.2, 0) is 9.53 Å². The van der Waals surface area contributed by atoms with Crippen LogP contribution in [0.5, 0.6) is 11.5 Å². The molecule has 0 aliphatic carbocycles. The number of ether oxygens (including phenoxy) is 3. The second-order valence-corrected chi connectivity index (χ2v) is 5.29. The van der Waals surface area contributed by atoms with Gasteiger partial charge in [-0.3, -0.25) is 4.79 Å². The molecule has 0 radical (unpaired) electrons. The lowest BCUT2D eigenvalue weighted by molar-refractivity contribution is -0.134. The first-order chi connectivity index (χ1) is 11.5. The summed E-state index contributed by atoms with van der Waals surface area (Å²) in [5, 5.41) is 0. The van der Waals surface area contributed by atoms with Crippen LogP contribution in [0.1, 0.15) is 27.9 Å². The summed E-state index contributed by atoms with van der Waals surface area (Å²) < 4.78 is 15.4. The fourth-order valence-electron chi connectivity index (χ4n) is 2.08. The van der Waals surface area contributed by atoms with E-state index < -0.39 is 11.9 Å². The molecule has 0 saturated heterocycles. The van der Waals surface area contributed by atoms with Crippen LogP contribution in [0, 0.1) is 13.8 Å². The van der Waals surface area contributed by atoms with Gasteiger partial charge in [0.1, 0.15) is 11.5 Å². The molecule has 0 unspecified atom stereocenters. The van der Waals surface area contributed by atoms with Crippen LogP contribution >= 0.6 is 0 Å². The van der Waals surface area contributed by atoms with Crippen molar-refractivity contribution in [3.05, 3.63) is 59.2 Å². The van der Waals surface area contributed by atoms with Gasteiger partial charge in [-0.2, -0.15) is 0 Å². The number of hydrogen-bond donors (Lipinski definition) is 0. The normalized spacial score (nSPS) is 10.1. The molecule has 0 bridgehead atoms. The summed E-state index contributed by atoms with van der Waals surface area (Å²) in [6.45, 7) is 4.23. The Morgan fingerprint density at radius 1 is 1.00 bits per heavy atom. The Bertz CT molecular complexity index is 719. The number of esters is 2. The quantitative estimate of drug-likeness (QED) is 0.600. The summed E-state index contributed by atoms with van der Waals surface area (Å²) in [6.07, 6.45) is 0.131. The molecule has 0 amide bonds. The SMILES string of the molecule is COC(=O)c1ccc(OC(=O)CCOc2cccc(C)c2C)cc1. The van der Waals surface area contributed by atoms with E-state index in [1.165, 1.54) is 7.11 Å². The summed E-state index contributed by atoms with van der Waals surface area (Å²) >= 11 is 0. The molecule has 2 aromatic rings. The molecular weight excluding hydrogens is 308 g/mol. The lowest BCUT2D eigenvalue weighted by Crippen LogP contribution is -2.13. The second kappa shape index (κ2) is 8.15. The minimum atomic E-state index is -0.435. The van der Waals surface area contributed by atoms with Crippen molar-refractivity contribution in [2.75, 3.05) is 13.7 Å². The van der Waals surface area contributed by atoms with Crippen LogP contribution in [0.3, 0.4) is 0 Å². The molecule has 0 fully saturated rings. The van der Waals surface area contributed by atoms with Gasteiger partial charge in [-0.15, -0.1) is 0 Å². The lowest BCUT2D eigenvalue weighted by Gasteiger charge is -2.10. The molecule has 0 atom stereocenters. The third-order valence-electron chi connectivity index (χ3n) is 3.63. The maximum atomic E-state index is 11.8. The molecule has 0 N–H and O–H groups in total. The Balaban J connectivity index is 1.83. The molecule has 0 aliphatic rings. The maximum absolute atomic E-state index is 11.8. The summed E-state index contributed by atoms with van der Waals surface area (Å²) in [5.41, 5.74) is 2.60. The molecule has 0 aliphatic heterocycles. The Morgan fingerprint density at radius 2 is 1.71 bits per heavy atom. The lowest BCUT2D eigenvalue weighted by atomic mass is 10.1. The van der Waals surface area contributed by atoms with E-state index in [2.05, 4.69) is 4.74 Å². The highest BCUT2D eigenvalue weighted by Gasteiger charge is 2.09. The van der Waals surface area contributed by atoms with E-state index in [1.54, 1.807) is 24.3 Å². The summed E-state index contributed by atoms with van der Waals surface area (Å²) in [6, 6.07) is 12.0. The standard InChI is InChI=1S/C19H20O5/c1-13-5-4-6-17(14(13)2)23-12-11-18(20)24-16-9-7-15(8-10-16)19(21)22-3/h4-10H,11-12H2,1-3H3. The van der Waals surface area contributed by atoms with Crippen molar-refractivity contribution in [2.24, 2.45) is 0 Å². The first-order valence-corrected chi connectivity index (χ1v) is 7.59. The predicted molar refractivity (Wildman–Crippen MR) is 89.4 cm³/mol. The molecule has 0 heterocycles. The van der Waals surface area contributed by atoms with E-state index in [1.807, 2.05) is 32.0 Å². The zero-order valence-electron chi connectivity index (χ0n) is 14.0. The minimum Gasteiger partial charge on any atom is -0.493 e. The highest BCUT2D eigenvalue weighted by Crippen LogP contribution is 2.20. The minimum absolute atomic E-state index is 0.131. The highest BCUT2D eigenvalue weighted by atomic mass is 16.5. The van der Waals surface area contributed by atoms with Crippen molar-refractivity contribution < 1.29 is 23.8 Å². The summed E-state index contributed by atoms with van der Waals surface area (Å²) in [4.78, 5) is 23.2. The number of hydrogen-bond acceptors (Lipinski definition) is 5. The fraction of sp³-hybridized carbons (Fsp3) is 0.263. The van der Waals surface area contributed by atoms with Gasteiger partial charge >= 0.3 is 11.9 Å². The molecule has 24 heavy (non-hydrogen) atoms. The Morgan fingerprint density at radius 3 is 2.38 bits per heavy atom. The monoisotopic (exact) mass is 328 g/mol. The van der Waals surface area contributed by atoms with Crippen LogP contribution < -0.4 is 9.47 Å². The van der Waals surface area contributed by atoms with E-state index in [0.717, 1.165) is 16.9 Å². The number of methoxy groups -OCH3 is 1. The second-order valence-electron chi connectivity index (χ2n) is 5.29. The summed E-state index contributed by atoms with van der Waals surface area (Å²) in [7, 11) is 1.31. The smallest absolute Gasteiger partial charge is 0.337 e. The molecule has 0 saturated carbocycles. The number of rotatable bonds is 6. The number of aryl methyl sites for hydroxylation is 1. The van der Waals surface area contributed by atoms with Gasteiger partial charge in [0.2, 0.25) is 0 Å². The van der Waals surface area contributed by atoms with Crippen molar-refractivity contribution in [1.82, 2.24) is 0 Å². The molecule has 0 spiro atoms. The van der Waals surface area contributed by atoms with E-state index >= 15 is 0 Å². The molecule has 126 valence electrons. The van der Waals surface area contributed by atoms with Crippen molar-refractivity contribution in [1.29, 1.82) is 0 Å². The van der Waals surface area contributed by atoms with Crippen LogP contribution in [0.15, 0.2) is 42.5 Å². The maximum Gasteiger partial charge on any atom is 0.337 e. The van der Waals surface area contributed by atoms with Gasteiger partial charge in [-0.25, -0.2) is 4.79 Å². The average Bonchev–Trinajstić information content (AvgIpc) is 2.58. The van der Waals surface area contributed by atoms with Crippen LogP contribution in [0.2, 0.25) is 0 Å². The van der Waals surface area contributed by atoms with Gasteiger partial charge in [0.25, 0.3) is 0 Å². The van der Waals surface area contributed by atoms with E-state index in [0.29, 0.717) is 11.3 Å². The van der Waals surface area contributed by atoms with Crippen molar-refractivity contribution in [3.63, 3.8) is 0 Å². The van der Waals surface area contributed by atoms with Crippen molar-refractivity contribution >= 4 is 11.9 Å². The van der Waals surface area contributed by atoms with Crippen molar-refractivity contribution in [3.8, 4) is 11.5 Å². The van der Waals surface area contributed by atoms with E-state index in [4.69, 9.17) is 9.47 Å². The largest absolute Gasteiger partial charge is 0.493 e. The van der Waals surface area contributed by atoms with Gasteiger partial charge < -0.3 is 14.2 Å². The van der Waals surface area contributed by atoms with Crippen LogP contribution in [-0.4, -0.2) is 25.7 Å². The Labute approximate surface area is 141 Å². The first-order valence-electron chi connectivity index (χ1n) is 7.59. The van der Waals surface area contributed by atoms with Gasteiger partial charge in [-0.1, -0.05) is 12.1 Å². The third-order valence-corrected chi connectivity index (χ3v) is 3.63. The number of carbonyl (C=O) groups is 2. The molecular formula is C19H20O5. The van der Waals surface area contributed by atoms with Gasteiger partial charge in [0, 0.05) is 0 Å². The van der Waals surface area contributed by atoms with Gasteiger partial charge in [0.05, 0.1) is 25.7 Å². The van der Waals surface area contributed by atoms with Gasteiger partial charge in [-0.05, 0) is 55.3 Å². The van der Waals surface area contributed by atoms with Crippen LogP contribution in [0.4, 0.5) is 0 Å². The molecule has 2 aromatic carbocycles. The van der Waals surface area contributed by atoms with E-state index in [9.17, 15) is 9.59 Å². The predicted octanol–water partition coefficient (Wildman–Crippen LogP) is 3.46. The van der Waals surface area contributed by atoms with E-state index in [-0.39, 0.29) is 13.0 Å².